The number of carboxylic acids is 2. The quantitative estimate of drug-likeness (QED) is 0.628. The minimum absolute atomic E-state index is 0.0395. The monoisotopic (exact) mass is 394 g/mol. The highest BCUT2D eigenvalue weighted by Gasteiger charge is 2.34. The van der Waals surface area contributed by atoms with Gasteiger partial charge in [-0.25, -0.2) is 14.0 Å². The molecule has 0 spiro atoms. The fraction of sp³-hybridized carbons (Fsp3) is 0.0952. The van der Waals surface area contributed by atoms with E-state index in [1.807, 2.05) is 0 Å². The first kappa shape index (κ1) is 18.4. The summed E-state index contributed by atoms with van der Waals surface area (Å²) >= 11 is 0. The van der Waals surface area contributed by atoms with Crippen molar-refractivity contribution < 1.29 is 29.0 Å². The van der Waals surface area contributed by atoms with Crippen LogP contribution in [0, 0.1) is 5.82 Å². The van der Waals surface area contributed by atoms with Gasteiger partial charge in [0.2, 0.25) is 5.91 Å². The van der Waals surface area contributed by atoms with Crippen molar-refractivity contribution in [3.05, 3.63) is 82.9 Å². The van der Waals surface area contributed by atoms with Crippen molar-refractivity contribution in [2.24, 2.45) is 0 Å². The molecule has 1 atom stereocenters. The van der Waals surface area contributed by atoms with Gasteiger partial charge in [0.25, 0.3) is 0 Å². The molecule has 0 bridgehead atoms. The molecule has 29 heavy (non-hydrogen) atoms. The summed E-state index contributed by atoms with van der Waals surface area (Å²) in [6.07, 6.45) is 1.39. The first-order valence-corrected chi connectivity index (χ1v) is 8.72. The molecule has 3 N–H and O–H groups in total. The molecular formula is C21H15FN2O5. The van der Waals surface area contributed by atoms with E-state index in [1.54, 1.807) is 22.8 Å². The molecule has 1 aromatic heterocycles. The van der Waals surface area contributed by atoms with Gasteiger partial charge in [0, 0.05) is 24.2 Å². The van der Waals surface area contributed by atoms with E-state index < -0.39 is 23.7 Å². The Morgan fingerprint density at radius 3 is 2.41 bits per heavy atom. The number of nitrogens with zero attached hydrogens (tertiary/aromatic N) is 1. The lowest BCUT2D eigenvalue weighted by Crippen LogP contribution is -2.25. The van der Waals surface area contributed by atoms with Crippen LogP contribution in [-0.4, -0.2) is 32.6 Å². The molecule has 2 aromatic carbocycles. The number of halogens is 1. The van der Waals surface area contributed by atoms with Crippen LogP contribution in [0.5, 0.6) is 0 Å². The standard InChI is InChI=1S/C21H15FN2O5/c22-13-2-1-3-14(8-13)24-10-16(21(28)29)18-19(24)15(9-17(25)23-18)11-4-6-12(7-5-11)20(26)27/h1-8,10,15H,9H2,(H,23,25)(H,26,27)(H,28,29). The van der Waals surface area contributed by atoms with Gasteiger partial charge in [-0.2, -0.15) is 0 Å². The van der Waals surface area contributed by atoms with Gasteiger partial charge in [-0.3, -0.25) is 4.79 Å². The molecule has 1 aliphatic heterocycles. The highest BCUT2D eigenvalue weighted by molar-refractivity contribution is 6.04. The van der Waals surface area contributed by atoms with Crippen molar-refractivity contribution in [2.75, 3.05) is 5.32 Å². The number of hydrogen-bond acceptors (Lipinski definition) is 3. The number of carboxylic acid groups (broad SMARTS) is 2. The van der Waals surface area contributed by atoms with E-state index in [2.05, 4.69) is 5.32 Å². The molecule has 0 radical (unpaired) electrons. The third-order valence-electron chi connectivity index (χ3n) is 4.90. The summed E-state index contributed by atoms with van der Waals surface area (Å²) in [5, 5.41) is 21.3. The SMILES string of the molecule is O=C1CC(c2ccc(C(=O)O)cc2)c2c(c(C(=O)O)cn2-c2cccc(F)c2)N1. The molecule has 0 saturated carbocycles. The molecule has 1 amide bonds. The largest absolute Gasteiger partial charge is 0.478 e. The zero-order valence-corrected chi connectivity index (χ0v) is 14.9. The predicted octanol–water partition coefficient (Wildman–Crippen LogP) is 3.49. The second-order valence-corrected chi connectivity index (χ2v) is 6.69. The molecule has 8 heteroatoms. The third kappa shape index (κ3) is 3.25. The number of hydrogen-bond donors (Lipinski definition) is 3. The molecule has 0 fully saturated rings. The minimum atomic E-state index is -1.22. The van der Waals surface area contributed by atoms with Gasteiger partial charge in [-0.1, -0.05) is 18.2 Å². The summed E-state index contributed by atoms with van der Waals surface area (Å²) in [6, 6.07) is 11.7. The van der Waals surface area contributed by atoms with Crippen LogP contribution >= 0.6 is 0 Å². The van der Waals surface area contributed by atoms with E-state index in [4.69, 9.17) is 5.11 Å². The van der Waals surface area contributed by atoms with E-state index in [-0.39, 0.29) is 29.1 Å². The van der Waals surface area contributed by atoms with Gasteiger partial charge < -0.3 is 20.1 Å². The Hall–Kier alpha value is -3.94. The van der Waals surface area contributed by atoms with Crippen LogP contribution in [0.25, 0.3) is 5.69 Å². The number of benzene rings is 2. The Balaban J connectivity index is 1.93. The van der Waals surface area contributed by atoms with Gasteiger partial charge >= 0.3 is 11.9 Å². The number of carbonyl (C=O) groups excluding carboxylic acids is 1. The van der Waals surface area contributed by atoms with Crippen molar-refractivity contribution in [1.29, 1.82) is 0 Å². The Kier molecular flexibility index (Phi) is 4.38. The van der Waals surface area contributed by atoms with Crippen molar-refractivity contribution in [1.82, 2.24) is 4.57 Å². The normalized spacial score (nSPS) is 15.5. The fourth-order valence-electron chi connectivity index (χ4n) is 3.60. The number of carbonyl (C=O) groups is 3. The van der Waals surface area contributed by atoms with Crippen LogP contribution in [0.2, 0.25) is 0 Å². The maximum Gasteiger partial charge on any atom is 0.339 e. The molecule has 7 nitrogen and oxygen atoms in total. The second kappa shape index (κ2) is 6.90. The molecule has 4 rings (SSSR count). The maximum atomic E-state index is 13.8. The maximum absolute atomic E-state index is 13.8. The molecule has 0 aliphatic carbocycles. The molecule has 1 unspecified atom stereocenters. The number of aromatic nitrogens is 1. The lowest BCUT2D eigenvalue weighted by molar-refractivity contribution is -0.116. The van der Waals surface area contributed by atoms with Gasteiger partial charge in [-0.15, -0.1) is 0 Å². The topological polar surface area (TPSA) is 109 Å². The van der Waals surface area contributed by atoms with E-state index in [1.165, 1.54) is 36.5 Å². The number of nitrogens with one attached hydrogen (secondary N) is 1. The van der Waals surface area contributed by atoms with Crippen LogP contribution in [0.15, 0.2) is 54.7 Å². The first-order chi connectivity index (χ1) is 13.8. The Bertz CT molecular complexity index is 1150. The summed E-state index contributed by atoms with van der Waals surface area (Å²) in [5.74, 6) is -3.67. The predicted molar refractivity (Wildman–Crippen MR) is 101 cm³/mol. The van der Waals surface area contributed by atoms with Crippen molar-refractivity contribution in [3.8, 4) is 5.69 Å². The van der Waals surface area contributed by atoms with Crippen LogP contribution in [0.4, 0.5) is 10.1 Å². The summed E-state index contributed by atoms with van der Waals surface area (Å²) in [5.41, 5.74) is 1.71. The average molecular weight is 394 g/mol. The number of amides is 1. The summed E-state index contributed by atoms with van der Waals surface area (Å²) in [4.78, 5) is 35.2. The van der Waals surface area contributed by atoms with Crippen LogP contribution in [0.3, 0.4) is 0 Å². The third-order valence-corrected chi connectivity index (χ3v) is 4.90. The van der Waals surface area contributed by atoms with E-state index >= 15 is 0 Å². The molecule has 0 saturated heterocycles. The molecule has 2 heterocycles. The Morgan fingerprint density at radius 1 is 1.07 bits per heavy atom. The van der Waals surface area contributed by atoms with Crippen LogP contribution in [0.1, 0.15) is 44.3 Å². The average Bonchev–Trinajstić information content (AvgIpc) is 3.07. The van der Waals surface area contributed by atoms with Gasteiger partial charge in [0.15, 0.2) is 0 Å². The van der Waals surface area contributed by atoms with Crippen LogP contribution in [-0.2, 0) is 4.79 Å². The zero-order valence-electron chi connectivity index (χ0n) is 14.9. The summed E-state index contributed by atoms with van der Waals surface area (Å²) in [7, 11) is 0. The van der Waals surface area contributed by atoms with Crippen LogP contribution < -0.4 is 5.32 Å². The Morgan fingerprint density at radius 2 is 1.79 bits per heavy atom. The van der Waals surface area contributed by atoms with E-state index in [0.29, 0.717) is 16.9 Å². The van der Waals surface area contributed by atoms with Crippen molar-refractivity contribution >= 4 is 23.5 Å². The smallest absolute Gasteiger partial charge is 0.339 e. The zero-order chi connectivity index (χ0) is 20.7. The first-order valence-electron chi connectivity index (χ1n) is 8.72. The van der Waals surface area contributed by atoms with E-state index in [9.17, 15) is 23.9 Å². The number of fused-ring (bicyclic) bond motifs is 1. The van der Waals surface area contributed by atoms with Gasteiger partial charge in [0.1, 0.15) is 11.4 Å². The highest BCUT2D eigenvalue weighted by Crippen LogP contribution is 2.41. The fourth-order valence-corrected chi connectivity index (χ4v) is 3.60. The van der Waals surface area contributed by atoms with Gasteiger partial charge in [-0.05, 0) is 35.9 Å². The van der Waals surface area contributed by atoms with Gasteiger partial charge in [0.05, 0.1) is 16.9 Å². The second-order valence-electron chi connectivity index (χ2n) is 6.69. The number of anilines is 1. The number of rotatable bonds is 4. The molecule has 146 valence electrons. The molecular weight excluding hydrogens is 379 g/mol. The van der Waals surface area contributed by atoms with E-state index in [0.717, 1.165) is 0 Å². The number of aromatic carboxylic acids is 2. The lowest BCUT2D eigenvalue weighted by atomic mass is 9.87. The summed E-state index contributed by atoms with van der Waals surface area (Å²) < 4.78 is 15.4. The summed E-state index contributed by atoms with van der Waals surface area (Å²) in [6.45, 7) is 0. The highest BCUT2D eigenvalue weighted by atomic mass is 19.1. The lowest BCUT2D eigenvalue weighted by Gasteiger charge is -2.26. The molecule has 1 aliphatic rings. The van der Waals surface area contributed by atoms with Crippen molar-refractivity contribution in [2.45, 2.75) is 12.3 Å². The minimum Gasteiger partial charge on any atom is -0.478 e. The molecule has 3 aromatic rings. The van der Waals surface area contributed by atoms with Crippen molar-refractivity contribution in [3.63, 3.8) is 0 Å². The Labute approximate surface area is 164 Å².